The Morgan fingerprint density at radius 1 is 1.43 bits per heavy atom. The Bertz CT molecular complexity index is 242. The van der Waals surface area contributed by atoms with Crippen molar-refractivity contribution in [2.75, 3.05) is 6.54 Å². The van der Waals surface area contributed by atoms with E-state index in [0.717, 1.165) is 0 Å². The fraction of sp³-hybridized carbons (Fsp3) is 1.00. The SMILES string of the molecule is NC[C@H]1O[C@@H](O)[C@H](OP(=O)(O)O)[C@@H]1O. The quantitative estimate of drug-likeness (QED) is 0.334. The number of aliphatic hydroxyl groups is 2. The summed E-state index contributed by atoms with van der Waals surface area (Å²) >= 11 is 0. The molecule has 0 aromatic carbocycles. The maximum absolute atomic E-state index is 10.4. The zero-order chi connectivity index (χ0) is 10.9. The van der Waals surface area contributed by atoms with E-state index >= 15 is 0 Å². The minimum atomic E-state index is -4.77. The summed E-state index contributed by atoms with van der Waals surface area (Å²) < 4.78 is 19.3. The summed E-state index contributed by atoms with van der Waals surface area (Å²) in [6.07, 6.45) is -5.32. The Kier molecular flexibility index (Phi) is 3.62. The third kappa shape index (κ3) is 2.72. The molecule has 0 bridgehead atoms. The molecule has 6 N–H and O–H groups in total. The zero-order valence-corrected chi connectivity index (χ0v) is 7.95. The summed E-state index contributed by atoms with van der Waals surface area (Å²) in [5.41, 5.74) is 5.17. The molecule has 0 unspecified atom stereocenters. The van der Waals surface area contributed by atoms with Gasteiger partial charge in [-0.2, -0.15) is 0 Å². The van der Waals surface area contributed by atoms with Gasteiger partial charge in [0.1, 0.15) is 18.3 Å². The Balaban J connectivity index is 2.65. The summed E-state index contributed by atoms with van der Waals surface area (Å²) in [5.74, 6) is 0. The van der Waals surface area contributed by atoms with E-state index in [4.69, 9.17) is 25.4 Å². The summed E-state index contributed by atoms with van der Waals surface area (Å²) in [6.45, 7) is -0.0841. The van der Waals surface area contributed by atoms with E-state index in [1.54, 1.807) is 0 Å². The number of phosphoric ester groups is 1. The van der Waals surface area contributed by atoms with Gasteiger partial charge in [-0.15, -0.1) is 0 Å². The molecule has 0 aliphatic carbocycles. The largest absolute Gasteiger partial charge is 0.470 e. The van der Waals surface area contributed by atoms with Crippen molar-refractivity contribution >= 4 is 7.82 Å². The molecule has 0 saturated carbocycles. The van der Waals surface area contributed by atoms with Gasteiger partial charge in [-0.3, -0.25) is 4.52 Å². The van der Waals surface area contributed by atoms with Crippen molar-refractivity contribution in [1.29, 1.82) is 0 Å². The number of nitrogens with two attached hydrogens (primary N) is 1. The van der Waals surface area contributed by atoms with Gasteiger partial charge in [0.25, 0.3) is 0 Å². The Morgan fingerprint density at radius 2 is 2.00 bits per heavy atom. The van der Waals surface area contributed by atoms with Crippen LogP contribution in [0.5, 0.6) is 0 Å². The highest BCUT2D eigenvalue weighted by Gasteiger charge is 2.46. The number of phosphoric acid groups is 1. The van der Waals surface area contributed by atoms with Gasteiger partial charge in [-0.25, -0.2) is 4.57 Å². The van der Waals surface area contributed by atoms with E-state index in [0.29, 0.717) is 0 Å². The van der Waals surface area contributed by atoms with E-state index in [1.807, 2.05) is 0 Å². The lowest BCUT2D eigenvalue weighted by Gasteiger charge is -2.17. The lowest BCUT2D eigenvalue weighted by molar-refractivity contribution is -0.123. The standard InChI is InChI=1S/C5H12NO7P/c6-1-2-3(7)4(5(8)12-2)13-14(9,10)11/h2-5,7-8H,1,6H2,(H2,9,10,11)/t2-,3-,4-,5-/m1/s1. The predicted molar refractivity (Wildman–Crippen MR) is 42.9 cm³/mol. The summed E-state index contributed by atoms with van der Waals surface area (Å²) in [7, 11) is -4.77. The average molecular weight is 229 g/mol. The van der Waals surface area contributed by atoms with Crippen LogP contribution in [0.4, 0.5) is 0 Å². The first-order chi connectivity index (χ1) is 6.35. The second-order valence-electron chi connectivity index (χ2n) is 2.85. The van der Waals surface area contributed by atoms with E-state index < -0.39 is 32.4 Å². The number of aliphatic hydroxyl groups excluding tert-OH is 2. The van der Waals surface area contributed by atoms with Crippen LogP contribution in [0.1, 0.15) is 0 Å². The molecule has 8 nitrogen and oxygen atoms in total. The summed E-state index contributed by atoms with van der Waals surface area (Å²) in [6, 6.07) is 0. The fourth-order valence-electron chi connectivity index (χ4n) is 1.19. The molecule has 1 aliphatic rings. The molecule has 0 radical (unpaired) electrons. The van der Waals surface area contributed by atoms with Crippen LogP contribution < -0.4 is 5.73 Å². The number of hydrogen-bond donors (Lipinski definition) is 5. The molecule has 1 fully saturated rings. The topological polar surface area (TPSA) is 142 Å². The Labute approximate surface area is 79.5 Å². The number of hydrogen-bond acceptors (Lipinski definition) is 6. The molecule has 1 aliphatic heterocycles. The van der Waals surface area contributed by atoms with Crippen molar-refractivity contribution in [1.82, 2.24) is 0 Å². The van der Waals surface area contributed by atoms with E-state index in [-0.39, 0.29) is 6.54 Å². The first-order valence-corrected chi connectivity index (χ1v) is 5.34. The molecule has 0 amide bonds. The first kappa shape index (κ1) is 12.0. The monoisotopic (exact) mass is 229 g/mol. The molecular formula is C5H12NO7P. The van der Waals surface area contributed by atoms with Gasteiger partial charge in [0.05, 0.1) is 0 Å². The van der Waals surface area contributed by atoms with Crippen molar-refractivity contribution in [3.05, 3.63) is 0 Å². The van der Waals surface area contributed by atoms with Gasteiger partial charge in [-0.1, -0.05) is 0 Å². The van der Waals surface area contributed by atoms with Crippen molar-refractivity contribution in [3.8, 4) is 0 Å². The van der Waals surface area contributed by atoms with Crippen molar-refractivity contribution in [2.45, 2.75) is 24.6 Å². The lowest BCUT2D eigenvalue weighted by Crippen LogP contribution is -2.37. The second kappa shape index (κ2) is 4.21. The van der Waals surface area contributed by atoms with E-state index in [2.05, 4.69) is 4.52 Å². The van der Waals surface area contributed by atoms with Gasteiger partial charge < -0.3 is 30.5 Å². The van der Waals surface area contributed by atoms with Gasteiger partial charge >= 0.3 is 7.82 Å². The Hall–Kier alpha value is -0.0500. The maximum Gasteiger partial charge on any atom is 0.470 e. The predicted octanol–water partition coefficient (Wildman–Crippen LogP) is -2.50. The van der Waals surface area contributed by atoms with Crippen LogP contribution in [-0.2, 0) is 13.8 Å². The molecule has 0 aromatic rings. The van der Waals surface area contributed by atoms with E-state index in [9.17, 15) is 9.67 Å². The van der Waals surface area contributed by atoms with Crippen LogP contribution in [0.3, 0.4) is 0 Å². The number of ether oxygens (including phenoxy) is 1. The van der Waals surface area contributed by atoms with Gasteiger partial charge in [-0.05, 0) is 0 Å². The van der Waals surface area contributed by atoms with Crippen molar-refractivity contribution in [3.63, 3.8) is 0 Å². The van der Waals surface area contributed by atoms with Gasteiger partial charge in [0, 0.05) is 6.54 Å². The van der Waals surface area contributed by atoms with E-state index in [1.165, 1.54) is 0 Å². The fourth-order valence-corrected chi connectivity index (χ4v) is 1.73. The average Bonchev–Trinajstić information content (AvgIpc) is 2.29. The summed E-state index contributed by atoms with van der Waals surface area (Å²) in [5, 5.41) is 18.5. The molecule has 9 heteroatoms. The Morgan fingerprint density at radius 3 is 2.36 bits per heavy atom. The molecular weight excluding hydrogens is 217 g/mol. The molecule has 1 rings (SSSR count). The van der Waals surface area contributed by atoms with Gasteiger partial charge in [0.15, 0.2) is 6.29 Å². The van der Waals surface area contributed by atoms with Crippen LogP contribution >= 0.6 is 7.82 Å². The molecule has 0 aromatic heterocycles. The number of rotatable bonds is 3. The molecule has 0 spiro atoms. The third-order valence-electron chi connectivity index (χ3n) is 1.80. The third-order valence-corrected chi connectivity index (χ3v) is 2.32. The second-order valence-corrected chi connectivity index (χ2v) is 4.04. The highest BCUT2D eigenvalue weighted by molar-refractivity contribution is 7.46. The van der Waals surface area contributed by atoms with Crippen LogP contribution in [0.2, 0.25) is 0 Å². The van der Waals surface area contributed by atoms with Crippen LogP contribution in [-0.4, -0.2) is 51.1 Å². The first-order valence-electron chi connectivity index (χ1n) is 3.81. The minimum Gasteiger partial charge on any atom is -0.387 e. The minimum absolute atomic E-state index is 0.0841. The van der Waals surface area contributed by atoms with Crippen LogP contribution in [0, 0.1) is 0 Å². The molecule has 14 heavy (non-hydrogen) atoms. The highest BCUT2D eigenvalue weighted by atomic mass is 31.2. The molecule has 1 heterocycles. The smallest absolute Gasteiger partial charge is 0.387 e. The normalized spacial score (nSPS) is 38.9. The lowest BCUT2D eigenvalue weighted by atomic mass is 10.1. The van der Waals surface area contributed by atoms with Crippen LogP contribution in [0.25, 0.3) is 0 Å². The summed E-state index contributed by atoms with van der Waals surface area (Å²) in [4.78, 5) is 16.9. The maximum atomic E-state index is 10.4. The zero-order valence-electron chi connectivity index (χ0n) is 7.05. The van der Waals surface area contributed by atoms with Crippen LogP contribution in [0.15, 0.2) is 0 Å². The highest BCUT2D eigenvalue weighted by Crippen LogP contribution is 2.41. The molecule has 1 saturated heterocycles. The molecule has 84 valence electrons. The van der Waals surface area contributed by atoms with Crippen molar-refractivity contribution < 1.29 is 33.8 Å². The van der Waals surface area contributed by atoms with Gasteiger partial charge in [0.2, 0.25) is 0 Å². The van der Waals surface area contributed by atoms with Crippen molar-refractivity contribution in [2.24, 2.45) is 5.73 Å². The molecule has 4 atom stereocenters.